The first-order valence-corrected chi connectivity index (χ1v) is 9.43. The second kappa shape index (κ2) is 8.32. The molecule has 8 nitrogen and oxygen atoms in total. The topological polar surface area (TPSA) is 92.5 Å². The minimum atomic E-state index is -0.222. The van der Waals surface area contributed by atoms with Crippen LogP contribution in [-0.2, 0) is 0 Å². The Morgan fingerprint density at radius 3 is 2.66 bits per heavy atom. The van der Waals surface area contributed by atoms with Crippen LogP contribution in [0.3, 0.4) is 0 Å². The van der Waals surface area contributed by atoms with Gasteiger partial charge < -0.3 is 19.9 Å². The zero-order valence-corrected chi connectivity index (χ0v) is 16.3. The molecule has 1 saturated heterocycles. The molecule has 8 heteroatoms. The normalized spacial score (nSPS) is 19.1. The van der Waals surface area contributed by atoms with E-state index in [1.165, 1.54) is 0 Å². The van der Waals surface area contributed by atoms with Gasteiger partial charge in [0.05, 0.1) is 13.2 Å². The van der Waals surface area contributed by atoms with E-state index < -0.39 is 0 Å². The van der Waals surface area contributed by atoms with E-state index in [9.17, 15) is 4.79 Å². The Labute approximate surface area is 168 Å². The maximum absolute atomic E-state index is 12.3. The fraction of sp³-hybridized carbons (Fsp3) is 0.286. The smallest absolute Gasteiger partial charge is 0.319 e. The standard InChI is InChI=1S/C21H23N5O3/c1-26-13-16(23-21(27)22-15-6-4-3-5-7-15)12-18(26)20-24-19(25-29-20)14-8-10-17(28-2)11-9-14/h3-11,16,18H,12-13H2,1-2H3,(H2,22,23,27). The molecule has 2 atom stereocenters. The van der Waals surface area contributed by atoms with E-state index >= 15 is 0 Å². The zero-order chi connectivity index (χ0) is 20.2. The first-order valence-electron chi connectivity index (χ1n) is 9.43. The summed E-state index contributed by atoms with van der Waals surface area (Å²) >= 11 is 0. The third-order valence-corrected chi connectivity index (χ3v) is 4.99. The molecule has 0 bridgehead atoms. The van der Waals surface area contributed by atoms with E-state index in [4.69, 9.17) is 9.26 Å². The van der Waals surface area contributed by atoms with Crippen LogP contribution in [0.5, 0.6) is 5.75 Å². The first-order chi connectivity index (χ1) is 14.1. The van der Waals surface area contributed by atoms with Crippen LogP contribution in [0.4, 0.5) is 10.5 Å². The van der Waals surface area contributed by atoms with Gasteiger partial charge in [-0.2, -0.15) is 4.98 Å². The molecule has 1 fully saturated rings. The Bertz CT molecular complexity index is 958. The van der Waals surface area contributed by atoms with Gasteiger partial charge in [0.15, 0.2) is 0 Å². The van der Waals surface area contributed by atoms with Crippen LogP contribution in [-0.4, -0.2) is 47.8 Å². The maximum Gasteiger partial charge on any atom is 0.319 e. The van der Waals surface area contributed by atoms with Crippen molar-refractivity contribution < 1.29 is 14.1 Å². The summed E-state index contributed by atoms with van der Waals surface area (Å²) in [6, 6.07) is 16.6. The van der Waals surface area contributed by atoms with Gasteiger partial charge in [0.2, 0.25) is 11.7 Å². The van der Waals surface area contributed by atoms with E-state index in [-0.39, 0.29) is 18.1 Å². The third kappa shape index (κ3) is 4.38. The first kappa shape index (κ1) is 18.9. The number of carbonyl (C=O) groups is 1. The number of likely N-dealkylation sites (tertiary alicyclic amines) is 1. The van der Waals surface area contributed by atoms with Gasteiger partial charge in [-0.25, -0.2) is 4.79 Å². The molecule has 0 spiro atoms. The number of benzene rings is 2. The summed E-state index contributed by atoms with van der Waals surface area (Å²) in [6.07, 6.45) is 0.697. The van der Waals surface area contributed by atoms with Crippen LogP contribution < -0.4 is 15.4 Å². The molecule has 4 rings (SSSR count). The number of hydrogen-bond acceptors (Lipinski definition) is 6. The predicted molar refractivity (Wildman–Crippen MR) is 109 cm³/mol. The maximum atomic E-state index is 12.3. The van der Waals surface area contributed by atoms with Crippen LogP contribution >= 0.6 is 0 Å². The third-order valence-electron chi connectivity index (χ3n) is 4.99. The lowest BCUT2D eigenvalue weighted by molar-refractivity contribution is 0.243. The van der Waals surface area contributed by atoms with Crippen LogP contribution in [0.15, 0.2) is 59.1 Å². The van der Waals surface area contributed by atoms with Gasteiger partial charge in [-0.05, 0) is 49.9 Å². The zero-order valence-electron chi connectivity index (χ0n) is 16.3. The summed E-state index contributed by atoms with van der Waals surface area (Å²) in [4.78, 5) is 18.9. The van der Waals surface area contributed by atoms with Crippen LogP contribution in [0, 0.1) is 0 Å². The second-order valence-corrected chi connectivity index (χ2v) is 7.04. The quantitative estimate of drug-likeness (QED) is 0.691. The Morgan fingerprint density at radius 2 is 1.93 bits per heavy atom. The molecule has 2 amide bonds. The number of hydrogen-bond donors (Lipinski definition) is 2. The number of methoxy groups -OCH3 is 1. The van der Waals surface area contributed by atoms with Crippen molar-refractivity contribution in [3.8, 4) is 17.1 Å². The predicted octanol–water partition coefficient (Wildman–Crippen LogP) is 3.31. The Balaban J connectivity index is 1.38. The van der Waals surface area contributed by atoms with Gasteiger partial charge in [-0.15, -0.1) is 0 Å². The van der Waals surface area contributed by atoms with Crippen molar-refractivity contribution in [2.75, 3.05) is 26.0 Å². The van der Waals surface area contributed by atoms with Gasteiger partial charge >= 0.3 is 6.03 Å². The van der Waals surface area contributed by atoms with Crippen LogP contribution in [0.1, 0.15) is 18.4 Å². The van der Waals surface area contributed by atoms with Gasteiger partial charge in [0.25, 0.3) is 0 Å². The van der Waals surface area contributed by atoms with E-state index in [1.807, 2.05) is 61.6 Å². The molecule has 2 aromatic carbocycles. The molecule has 0 aliphatic carbocycles. The Hall–Kier alpha value is -3.39. The van der Waals surface area contributed by atoms with E-state index in [0.717, 1.165) is 17.0 Å². The molecule has 0 radical (unpaired) electrons. The SMILES string of the molecule is COc1ccc(-c2noc(C3CC(NC(=O)Nc4ccccc4)CN3C)n2)cc1. The number of nitrogens with one attached hydrogen (secondary N) is 2. The highest BCUT2D eigenvalue weighted by atomic mass is 16.5. The number of amides is 2. The molecule has 3 aromatic rings. The van der Waals surface area contributed by atoms with Gasteiger partial charge in [0.1, 0.15) is 5.75 Å². The van der Waals surface area contributed by atoms with Crippen molar-refractivity contribution in [1.29, 1.82) is 0 Å². The number of para-hydroxylation sites is 1. The van der Waals surface area contributed by atoms with E-state index in [1.54, 1.807) is 7.11 Å². The molecule has 1 aliphatic rings. The fourth-order valence-corrected chi connectivity index (χ4v) is 3.49. The molecule has 2 heterocycles. The van der Waals surface area contributed by atoms with Crippen LogP contribution in [0.25, 0.3) is 11.4 Å². The average molecular weight is 393 g/mol. The van der Waals surface area contributed by atoms with E-state index in [0.29, 0.717) is 24.7 Å². The van der Waals surface area contributed by atoms with Gasteiger partial charge in [-0.1, -0.05) is 23.4 Å². The minimum Gasteiger partial charge on any atom is -0.497 e. The summed E-state index contributed by atoms with van der Waals surface area (Å²) in [6.45, 7) is 0.702. The minimum absolute atomic E-state index is 0.00921. The highest BCUT2D eigenvalue weighted by Crippen LogP contribution is 2.31. The lowest BCUT2D eigenvalue weighted by Gasteiger charge is -2.14. The summed E-state index contributed by atoms with van der Waals surface area (Å²) in [5, 5.41) is 9.97. The number of rotatable bonds is 5. The molecule has 0 saturated carbocycles. The summed E-state index contributed by atoms with van der Waals surface area (Å²) in [5.41, 5.74) is 1.62. The largest absolute Gasteiger partial charge is 0.497 e. The second-order valence-electron chi connectivity index (χ2n) is 7.04. The van der Waals surface area contributed by atoms with Crippen molar-refractivity contribution in [3.63, 3.8) is 0 Å². The number of likely N-dealkylation sites (N-methyl/N-ethyl adjacent to an activating group) is 1. The fourth-order valence-electron chi connectivity index (χ4n) is 3.49. The summed E-state index contributed by atoms with van der Waals surface area (Å²) in [5.74, 6) is 1.86. The van der Waals surface area contributed by atoms with E-state index in [2.05, 4.69) is 25.7 Å². The van der Waals surface area contributed by atoms with Gasteiger partial charge in [-0.3, -0.25) is 4.90 Å². The molecule has 29 heavy (non-hydrogen) atoms. The van der Waals surface area contributed by atoms with Crippen molar-refractivity contribution in [1.82, 2.24) is 20.4 Å². The lowest BCUT2D eigenvalue weighted by atomic mass is 10.1. The number of aromatic nitrogens is 2. The lowest BCUT2D eigenvalue weighted by Crippen LogP contribution is -2.39. The number of urea groups is 1. The number of carbonyl (C=O) groups excluding carboxylic acids is 1. The number of anilines is 1. The van der Waals surface area contributed by atoms with Crippen molar-refractivity contribution >= 4 is 11.7 Å². The van der Waals surface area contributed by atoms with Crippen LogP contribution in [0.2, 0.25) is 0 Å². The monoisotopic (exact) mass is 393 g/mol. The molecule has 1 aromatic heterocycles. The number of ether oxygens (including phenoxy) is 1. The summed E-state index contributed by atoms with van der Waals surface area (Å²) < 4.78 is 10.7. The average Bonchev–Trinajstić information content (AvgIpc) is 3.35. The molecule has 2 unspecified atom stereocenters. The van der Waals surface area contributed by atoms with Crippen molar-refractivity contribution in [3.05, 3.63) is 60.5 Å². The number of nitrogens with zero attached hydrogens (tertiary/aromatic N) is 3. The van der Waals surface area contributed by atoms with Crippen molar-refractivity contribution in [2.45, 2.75) is 18.5 Å². The Kier molecular flexibility index (Phi) is 5.44. The molecule has 2 N–H and O–H groups in total. The highest BCUT2D eigenvalue weighted by molar-refractivity contribution is 5.89. The summed E-state index contributed by atoms with van der Waals surface area (Å²) in [7, 11) is 3.61. The molecule has 150 valence electrons. The molecular weight excluding hydrogens is 370 g/mol. The molecular formula is C21H23N5O3. The van der Waals surface area contributed by atoms with Crippen molar-refractivity contribution in [2.24, 2.45) is 0 Å². The van der Waals surface area contributed by atoms with Gasteiger partial charge in [0, 0.05) is 23.8 Å². The highest BCUT2D eigenvalue weighted by Gasteiger charge is 2.35. The molecule has 1 aliphatic heterocycles. The Morgan fingerprint density at radius 1 is 1.17 bits per heavy atom.